The van der Waals surface area contributed by atoms with Crippen molar-refractivity contribution in [1.82, 2.24) is 0 Å². The molecule has 16 nitrogen and oxygen atoms in total. The molecule has 5 fully saturated rings. The summed E-state index contributed by atoms with van der Waals surface area (Å²) in [6, 6.07) is 0. The van der Waals surface area contributed by atoms with Gasteiger partial charge in [0, 0.05) is 11.8 Å². The van der Waals surface area contributed by atoms with E-state index in [-0.39, 0.29) is 42.9 Å². The first-order chi connectivity index (χ1) is 22.2. The van der Waals surface area contributed by atoms with Crippen molar-refractivity contribution in [3.8, 4) is 0 Å². The molecule has 13 atom stereocenters. The zero-order valence-corrected chi connectivity index (χ0v) is 28.7. The van der Waals surface area contributed by atoms with E-state index in [4.69, 9.17) is 18.4 Å². The Kier molecular flexibility index (Phi) is 10.5. The number of aliphatic carboxylic acids is 1. The number of ether oxygens (including phenoxy) is 3. The Hall–Kier alpha value is -1.74. The Balaban J connectivity index is 1.51. The van der Waals surface area contributed by atoms with Crippen LogP contribution in [0.2, 0.25) is 0 Å². The predicted molar refractivity (Wildman–Crippen MR) is 162 cm³/mol. The van der Waals surface area contributed by atoms with Crippen molar-refractivity contribution in [1.29, 1.82) is 0 Å². The highest BCUT2D eigenvalue weighted by atomic mass is 32.3. The SMILES string of the molecule is C=C1[C@@H]2CC[C@@H]3C(CC[C@@H]4[C@H](C(=O)O)C[C@@H](O[C@@H]5O[C@H](CO)[C@@H](OS(=O)(=O)O)[C@H](OS(=O)(=O)O)[C@H]5OC(=O)CC(C)C)C[C@]43C)(C2)[C@@H]1O. The summed E-state index contributed by atoms with van der Waals surface area (Å²) in [5.74, 6) is -3.25. The van der Waals surface area contributed by atoms with Crippen molar-refractivity contribution in [3.05, 3.63) is 12.2 Å². The number of carboxylic acid groups (broad SMARTS) is 1. The minimum absolute atomic E-state index is 0.0156. The molecule has 1 spiro atoms. The van der Waals surface area contributed by atoms with Crippen LogP contribution in [0.25, 0.3) is 0 Å². The van der Waals surface area contributed by atoms with Crippen LogP contribution in [0.15, 0.2) is 12.2 Å². The second-order valence-electron chi connectivity index (χ2n) is 14.8. The van der Waals surface area contributed by atoms with Gasteiger partial charge in [0.2, 0.25) is 0 Å². The molecule has 0 aromatic heterocycles. The average Bonchev–Trinajstić information content (AvgIpc) is 3.12. The van der Waals surface area contributed by atoms with Gasteiger partial charge in [-0.05, 0) is 79.6 Å². The van der Waals surface area contributed by atoms with Gasteiger partial charge in [-0.25, -0.2) is 8.37 Å². The van der Waals surface area contributed by atoms with E-state index in [2.05, 4.69) is 10.8 Å². The van der Waals surface area contributed by atoms with Crippen LogP contribution in [0.1, 0.15) is 72.1 Å². The highest BCUT2D eigenvalue weighted by Gasteiger charge is 2.67. The minimum Gasteiger partial charge on any atom is -0.481 e. The van der Waals surface area contributed by atoms with Gasteiger partial charge in [0.1, 0.15) is 12.2 Å². The lowest BCUT2D eigenvalue weighted by Crippen LogP contribution is -2.64. The van der Waals surface area contributed by atoms with Gasteiger partial charge in [-0.2, -0.15) is 16.8 Å². The summed E-state index contributed by atoms with van der Waals surface area (Å²) >= 11 is 0. The van der Waals surface area contributed by atoms with Gasteiger partial charge in [-0.1, -0.05) is 27.4 Å². The fraction of sp³-hybridized carbons (Fsp3) is 0.867. The summed E-state index contributed by atoms with van der Waals surface area (Å²) < 4.78 is 93.5. The molecule has 48 heavy (non-hydrogen) atoms. The number of hydrogen-bond acceptors (Lipinski definition) is 13. The highest BCUT2D eigenvalue weighted by Crippen LogP contribution is 2.70. The maximum absolute atomic E-state index is 12.9. The smallest absolute Gasteiger partial charge is 0.397 e. The molecule has 0 aromatic carbocycles. The number of esters is 1. The largest absolute Gasteiger partial charge is 0.481 e. The van der Waals surface area contributed by atoms with E-state index in [0.717, 1.165) is 24.8 Å². The maximum Gasteiger partial charge on any atom is 0.397 e. The second-order valence-corrected chi connectivity index (χ2v) is 16.9. The van der Waals surface area contributed by atoms with Crippen LogP contribution in [-0.2, 0) is 53.0 Å². The normalized spacial score (nSPS) is 43.0. The molecule has 1 aliphatic heterocycles. The molecule has 18 heteroatoms. The number of rotatable bonds is 11. The average molecular weight is 727 g/mol. The van der Waals surface area contributed by atoms with E-state index in [1.54, 1.807) is 13.8 Å². The van der Waals surface area contributed by atoms with Crippen LogP contribution in [0, 0.1) is 40.4 Å². The summed E-state index contributed by atoms with van der Waals surface area (Å²) in [6.45, 7) is 8.52. The molecular weight excluding hydrogens is 680 g/mol. The van der Waals surface area contributed by atoms with Crippen LogP contribution in [-0.4, -0.2) is 103 Å². The minimum atomic E-state index is -5.42. The first-order valence-electron chi connectivity index (χ1n) is 16.2. The number of carboxylic acids is 1. The number of aliphatic hydroxyl groups excluding tert-OH is 2. The van der Waals surface area contributed by atoms with Gasteiger partial charge in [-0.15, -0.1) is 0 Å². The number of aliphatic hydroxyl groups is 2. The number of carbonyl (C=O) groups excluding carboxylic acids is 1. The first-order valence-corrected chi connectivity index (χ1v) is 18.9. The van der Waals surface area contributed by atoms with Gasteiger partial charge in [0.05, 0.1) is 24.7 Å². The Morgan fingerprint density at radius 3 is 2.25 bits per heavy atom. The van der Waals surface area contributed by atoms with E-state index in [1.807, 2.05) is 6.92 Å². The van der Waals surface area contributed by atoms with Crippen molar-refractivity contribution in [2.45, 2.75) is 115 Å². The van der Waals surface area contributed by atoms with Gasteiger partial charge in [-0.3, -0.25) is 18.7 Å². The Bertz CT molecular complexity index is 1480. The van der Waals surface area contributed by atoms with Crippen molar-refractivity contribution in [2.75, 3.05) is 6.61 Å². The van der Waals surface area contributed by atoms with Crippen molar-refractivity contribution >= 4 is 32.7 Å². The molecule has 2 bridgehead atoms. The Morgan fingerprint density at radius 1 is 1.02 bits per heavy atom. The van der Waals surface area contributed by atoms with Gasteiger partial charge in [0.25, 0.3) is 0 Å². The lowest BCUT2D eigenvalue weighted by Gasteiger charge is -2.62. The summed E-state index contributed by atoms with van der Waals surface area (Å²) in [5.41, 5.74) is -0.319. The molecule has 0 aromatic rings. The van der Waals surface area contributed by atoms with Crippen molar-refractivity contribution < 1.29 is 73.4 Å². The molecule has 1 saturated heterocycles. The highest BCUT2D eigenvalue weighted by molar-refractivity contribution is 7.81. The zero-order valence-electron chi connectivity index (χ0n) is 27.0. The van der Waals surface area contributed by atoms with Crippen LogP contribution in [0.4, 0.5) is 0 Å². The zero-order chi connectivity index (χ0) is 35.6. The topological polar surface area (TPSA) is 250 Å². The standard InChI is InChI=1S/C30H46O16S2/c1-14(2)9-22(32)44-25-24(46-48(39,40)41)23(45-47(36,37)38)20(13-31)43-28(25)42-17-10-18(27(34)35)19-7-8-30-11-16(15(3)26(30)33)5-6-21(30)29(19,4)12-17/h14,16-21,23-26,28,31,33H,3,5-13H2,1-2,4H3,(H,34,35)(H,36,37,38)(H,39,40,41)/t16-,17-,18-,19-,20-,21+,23-,24+,25-,26-,28-,29-,30?/m1/s1. The molecule has 5 rings (SSSR count). The third kappa shape index (κ3) is 7.20. The van der Waals surface area contributed by atoms with Gasteiger partial charge >= 0.3 is 32.7 Å². The van der Waals surface area contributed by atoms with Crippen LogP contribution in [0.5, 0.6) is 0 Å². The fourth-order valence-corrected chi connectivity index (χ4v) is 10.8. The van der Waals surface area contributed by atoms with E-state index in [0.29, 0.717) is 12.8 Å². The van der Waals surface area contributed by atoms with E-state index < -0.39 is 99.0 Å². The fourth-order valence-electron chi connectivity index (χ4n) is 9.82. The van der Waals surface area contributed by atoms with Crippen molar-refractivity contribution in [3.63, 3.8) is 0 Å². The molecule has 4 saturated carbocycles. The lowest BCUT2D eigenvalue weighted by atomic mass is 9.43. The molecule has 1 unspecified atom stereocenters. The summed E-state index contributed by atoms with van der Waals surface area (Å²) in [4.78, 5) is 25.7. The Morgan fingerprint density at radius 2 is 1.67 bits per heavy atom. The lowest BCUT2D eigenvalue weighted by molar-refractivity contribution is -0.316. The van der Waals surface area contributed by atoms with Crippen LogP contribution < -0.4 is 0 Å². The molecular formula is C30H46O16S2. The van der Waals surface area contributed by atoms with Crippen LogP contribution >= 0.6 is 0 Å². The first kappa shape index (κ1) is 37.5. The molecule has 1 heterocycles. The summed E-state index contributed by atoms with van der Waals surface area (Å²) in [6.07, 6.45) is -7.93. The monoisotopic (exact) mass is 726 g/mol. The molecule has 4 aliphatic carbocycles. The Labute approximate surface area is 280 Å². The third-order valence-electron chi connectivity index (χ3n) is 11.5. The number of fused-ring (bicyclic) bond motifs is 3. The van der Waals surface area contributed by atoms with Crippen LogP contribution in [0.3, 0.4) is 0 Å². The predicted octanol–water partition coefficient (Wildman–Crippen LogP) is 1.67. The molecule has 5 aliphatic rings. The summed E-state index contributed by atoms with van der Waals surface area (Å²) in [7, 11) is -10.8. The van der Waals surface area contributed by atoms with Crippen molar-refractivity contribution in [2.24, 2.45) is 40.4 Å². The maximum atomic E-state index is 12.9. The third-order valence-corrected chi connectivity index (χ3v) is 12.4. The molecule has 0 amide bonds. The van der Waals surface area contributed by atoms with E-state index in [9.17, 15) is 50.8 Å². The molecule has 5 N–H and O–H groups in total. The molecule has 0 radical (unpaired) electrons. The molecule has 274 valence electrons. The number of carbonyl (C=O) groups is 2. The van der Waals surface area contributed by atoms with E-state index >= 15 is 0 Å². The quantitative estimate of drug-likeness (QED) is 0.0879. The summed E-state index contributed by atoms with van der Waals surface area (Å²) in [5, 5.41) is 32.0. The van der Waals surface area contributed by atoms with E-state index in [1.165, 1.54) is 0 Å². The van der Waals surface area contributed by atoms with Gasteiger partial charge < -0.3 is 29.5 Å². The number of hydrogen-bond donors (Lipinski definition) is 5. The second kappa shape index (κ2) is 13.4. The van der Waals surface area contributed by atoms with Gasteiger partial charge in [0.15, 0.2) is 18.5 Å².